The lowest BCUT2D eigenvalue weighted by molar-refractivity contribution is 0.581. The predicted molar refractivity (Wildman–Crippen MR) is 84.7 cm³/mol. The van der Waals surface area contributed by atoms with E-state index in [0.717, 1.165) is 22.5 Å². The summed E-state index contributed by atoms with van der Waals surface area (Å²) in [4.78, 5) is 5.16. The molecule has 2 N–H and O–H groups in total. The first-order valence-corrected chi connectivity index (χ1v) is 9.06. The van der Waals surface area contributed by atoms with E-state index in [0.29, 0.717) is 11.4 Å². The van der Waals surface area contributed by atoms with Crippen LogP contribution in [0.2, 0.25) is 0 Å². The Labute approximate surface area is 129 Å². The molecule has 0 fully saturated rings. The summed E-state index contributed by atoms with van der Waals surface area (Å²) in [6, 6.07) is 5.52. The third-order valence-corrected chi connectivity index (χ3v) is 5.36. The van der Waals surface area contributed by atoms with E-state index >= 15 is 0 Å². The molecule has 7 heteroatoms. The van der Waals surface area contributed by atoms with Crippen LogP contribution in [0.25, 0.3) is 0 Å². The molecule has 0 saturated carbocycles. The molecule has 21 heavy (non-hydrogen) atoms. The second-order valence-corrected chi connectivity index (χ2v) is 7.38. The summed E-state index contributed by atoms with van der Waals surface area (Å²) < 4.78 is 27.5. The quantitative estimate of drug-likeness (QED) is 0.817. The first-order chi connectivity index (χ1) is 10.0. The van der Waals surface area contributed by atoms with E-state index in [9.17, 15) is 8.42 Å². The molecular formula is C14H19N3O2S2. The average molecular weight is 325 g/mol. The predicted octanol–water partition coefficient (Wildman–Crippen LogP) is 2.04. The van der Waals surface area contributed by atoms with Crippen molar-refractivity contribution >= 4 is 21.4 Å². The van der Waals surface area contributed by atoms with Crippen molar-refractivity contribution in [3.05, 3.63) is 45.9 Å². The second-order valence-electron chi connectivity index (χ2n) is 4.67. The summed E-state index contributed by atoms with van der Waals surface area (Å²) in [7, 11) is -3.51. The number of rotatable bonds is 7. The van der Waals surface area contributed by atoms with Crippen molar-refractivity contribution in [2.45, 2.75) is 31.8 Å². The lowest BCUT2D eigenvalue weighted by atomic mass is 10.1. The first-order valence-electron chi connectivity index (χ1n) is 6.70. The second kappa shape index (κ2) is 7.13. The van der Waals surface area contributed by atoms with Crippen LogP contribution in [0.3, 0.4) is 0 Å². The third-order valence-electron chi connectivity index (χ3n) is 3.04. The summed E-state index contributed by atoms with van der Waals surface area (Å²) in [6.45, 7) is 5.60. The maximum Gasteiger partial charge on any atom is 0.241 e. The minimum atomic E-state index is -3.51. The highest BCUT2D eigenvalue weighted by Gasteiger charge is 2.17. The Morgan fingerprint density at radius 1 is 1.29 bits per heavy atom. The summed E-state index contributed by atoms with van der Waals surface area (Å²) in [5.74, 6) is 0. The number of benzene rings is 1. The van der Waals surface area contributed by atoms with Crippen molar-refractivity contribution < 1.29 is 8.42 Å². The number of aromatic nitrogens is 1. The highest BCUT2D eigenvalue weighted by atomic mass is 32.2. The zero-order chi connectivity index (χ0) is 15.3. The van der Waals surface area contributed by atoms with Gasteiger partial charge in [0.1, 0.15) is 0 Å². The Hall–Kier alpha value is -1.28. The number of nitrogens with one attached hydrogen (secondary N) is 2. The van der Waals surface area contributed by atoms with Crippen LogP contribution in [0.15, 0.2) is 34.8 Å². The zero-order valence-corrected chi connectivity index (χ0v) is 13.7. The van der Waals surface area contributed by atoms with Gasteiger partial charge in [-0.15, -0.1) is 11.3 Å². The van der Waals surface area contributed by atoms with Gasteiger partial charge >= 0.3 is 0 Å². The standard InChI is InChI=1S/C14H19N3O2S2/c1-3-15-7-12-5-4-11(2)14(6-12)21(18,19)17-9-13-8-16-10-20-13/h4-6,8,10,15,17H,3,7,9H2,1-2H3. The number of hydrogen-bond donors (Lipinski definition) is 2. The van der Waals surface area contributed by atoms with Crippen LogP contribution in [-0.2, 0) is 23.1 Å². The van der Waals surface area contributed by atoms with Crippen LogP contribution >= 0.6 is 11.3 Å². The fourth-order valence-electron chi connectivity index (χ4n) is 1.89. The molecule has 1 aromatic heterocycles. The van der Waals surface area contributed by atoms with Crippen LogP contribution in [0, 0.1) is 6.92 Å². The van der Waals surface area contributed by atoms with Crippen molar-refractivity contribution in [2.75, 3.05) is 6.54 Å². The van der Waals surface area contributed by atoms with Crippen molar-refractivity contribution in [1.82, 2.24) is 15.0 Å². The molecule has 0 radical (unpaired) electrons. The van der Waals surface area contributed by atoms with Crippen LogP contribution < -0.4 is 10.0 Å². The summed E-state index contributed by atoms with van der Waals surface area (Å²) in [6.07, 6.45) is 1.67. The molecule has 0 aliphatic heterocycles. The van der Waals surface area contributed by atoms with Gasteiger partial charge in [0, 0.05) is 24.2 Å². The van der Waals surface area contributed by atoms with Gasteiger partial charge in [-0.05, 0) is 30.7 Å². The van der Waals surface area contributed by atoms with Gasteiger partial charge in [-0.2, -0.15) is 0 Å². The molecule has 2 aromatic rings. The van der Waals surface area contributed by atoms with Gasteiger partial charge in [0.05, 0.1) is 10.4 Å². The largest absolute Gasteiger partial charge is 0.313 e. The lowest BCUT2D eigenvalue weighted by Crippen LogP contribution is -2.24. The fraction of sp³-hybridized carbons (Fsp3) is 0.357. The Kier molecular flexibility index (Phi) is 5.46. The molecule has 0 unspecified atom stereocenters. The van der Waals surface area contributed by atoms with Crippen LogP contribution in [-0.4, -0.2) is 19.9 Å². The summed E-state index contributed by atoms with van der Waals surface area (Å²) in [5.41, 5.74) is 3.39. The number of thiazole rings is 1. The molecule has 0 amide bonds. The van der Waals surface area contributed by atoms with E-state index in [1.54, 1.807) is 24.7 Å². The Morgan fingerprint density at radius 3 is 2.76 bits per heavy atom. The Bertz CT molecular complexity index is 682. The monoisotopic (exact) mass is 325 g/mol. The van der Waals surface area contributed by atoms with E-state index in [1.807, 2.05) is 19.1 Å². The maximum atomic E-state index is 12.4. The molecule has 0 aliphatic rings. The molecule has 114 valence electrons. The van der Waals surface area contributed by atoms with Gasteiger partial charge in [-0.1, -0.05) is 19.1 Å². The van der Waals surface area contributed by atoms with Gasteiger partial charge in [0.25, 0.3) is 0 Å². The highest BCUT2D eigenvalue weighted by molar-refractivity contribution is 7.89. The Balaban J connectivity index is 2.17. The van der Waals surface area contributed by atoms with Gasteiger partial charge in [-0.25, -0.2) is 13.1 Å². The number of aryl methyl sites for hydroxylation is 1. The molecule has 0 saturated heterocycles. The molecule has 0 spiro atoms. The highest BCUT2D eigenvalue weighted by Crippen LogP contribution is 2.18. The van der Waals surface area contributed by atoms with Gasteiger partial charge in [0.2, 0.25) is 10.0 Å². The van der Waals surface area contributed by atoms with E-state index in [4.69, 9.17) is 0 Å². The Morgan fingerprint density at radius 2 is 2.10 bits per heavy atom. The van der Waals surface area contributed by atoms with E-state index in [1.165, 1.54) is 11.3 Å². The molecule has 1 heterocycles. The first kappa shape index (κ1) is 16.1. The number of hydrogen-bond acceptors (Lipinski definition) is 5. The molecule has 5 nitrogen and oxygen atoms in total. The SMILES string of the molecule is CCNCc1ccc(C)c(S(=O)(=O)NCc2cncs2)c1. The van der Waals surface area contributed by atoms with Crippen LogP contribution in [0.5, 0.6) is 0 Å². The maximum absolute atomic E-state index is 12.4. The normalized spacial score (nSPS) is 11.7. The summed E-state index contributed by atoms with van der Waals surface area (Å²) in [5, 5.41) is 3.20. The van der Waals surface area contributed by atoms with Crippen molar-refractivity contribution in [3.8, 4) is 0 Å². The topological polar surface area (TPSA) is 71.1 Å². The molecular weight excluding hydrogens is 306 g/mol. The molecule has 0 bridgehead atoms. The van der Waals surface area contributed by atoms with E-state index < -0.39 is 10.0 Å². The van der Waals surface area contributed by atoms with Gasteiger partial charge in [0.15, 0.2) is 0 Å². The summed E-state index contributed by atoms with van der Waals surface area (Å²) >= 11 is 1.43. The molecule has 0 aliphatic carbocycles. The molecule has 2 rings (SSSR count). The van der Waals surface area contributed by atoms with Gasteiger partial charge < -0.3 is 5.32 Å². The molecule has 1 aromatic carbocycles. The van der Waals surface area contributed by atoms with Crippen molar-refractivity contribution in [2.24, 2.45) is 0 Å². The van der Waals surface area contributed by atoms with Crippen LogP contribution in [0.4, 0.5) is 0 Å². The number of nitrogens with zero attached hydrogens (tertiary/aromatic N) is 1. The average Bonchev–Trinajstić information content (AvgIpc) is 2.97. The minimum absolute atomic E-state index is 0.268. The van der Waals surface area contributed by atoms with Crippen molar-refractivity contribution in [1.29, 1.82) is 0 Å². The molecule has 0 atom stereocenters. The van der Waals surface area contributed by atoms with Crippen molar-refractivity contribution in [3.63, 3.8) is 0 Å². The van der Waals surface area contributed by atoms with E-state index in [-0.39, 0.29) is 6.54 Å². The third kappa shape index (κ3) is 4.34. The lowest BCUT2D eigenvalue weighted by Gasteiger charge is -2.11. The van der Waals surface area contributed by atoms with Gasteiger partial charge in [-0.3, -0.25) is 4.98 Å². The van der Waals surface area contributed by atoms with Crippen LogP contribution in [0.1, 0.15) is 22.9 Å². The fourth-order valence-corrected chi connectivity index (χ4v) is 3.81. The zero-order valence-electron chi connectivity index (χ0n) is 12.1. The minimum Gasteiger partial charge on any atom is -0.313 e. The number of sulfonamides is 1. The smallest absolute Gasteiger partial charge is 0.241 e. The van der Waals surface area contributed by atoms with E-state index in [2.05, 4.69) is 15.0 Å².